The number of carbonyl (C=O) groups excluding carboxylic acids is 2. The number of ether oxygens (including phenoxy) is 1. The molecular formula is C26H29N3O3. The molecule has 0 saturated heterocycles. The number of aromatic nitrogens is 1. The third-order valence-electron chi connectivity index (χ3n) is 6.09. The summed E-state index contributed by atoms with van der Waals surface area (Å²) in [5.41, 5.74) is 4.64. The van der Waals surface area contributed by atoms with Gasteiger partial charge in [0.15, 0.2) is 5.78 Å². The van der Waals surface area contributed by atoms with Crippen LogP contribution in [-0.4, -0.2) is 23.8 Å². The molecule has 1 aromatic heterocycles. The fourth-order valence-corrected chi connectivity index (χ4v) is 4.65. The molecule has 2 aliphatic rings. The van der Waals surface area contributed by atoms with Gasteiger partial charge >= 0.3 is 0 Å². The molecule has 0 bridgehead atoms. The average molecular weight is 432 g/mol. The van der Waals surface area contributed by atoms with Gasteiger partial charge in [-0.1, -0.05) is 26.0 Å². The van der Waals surface area contributed by atoms with Crippen LogP contribution in [0.15, 0.2) is 65.1 Å². The number of nitrogens with one attached hydrogen (secondary N) is 2. The van der Waals surface area contributed by atoms with Gasteiger partial charge < -0.3 is 15.4 Å². The Balaban J connectivity index is 1.80. The number of ketones is 1. The lowest BCUT2D eigenvalue weighted by Gasteiger charge is -2.39. The second kappa shape index (κ2) is 8.26. The fraction of sp³-hybridized carbons (Fsp3) is 0.346. The van der Waals surface area contributed by atoms with Gasteiger partial charge in [0.1, 0.15) is 11.6 Å². The summed E-state index contributed by atoms with van der Waals surface area (Å²) in [6, 6.07) is 11.3. The van der Waals surface area contributed by atoms with Crippen molar-refractivity contribution in [3.63, 3.8) is 0 Å². The SMILES string of the molecule is COc1ccc([C@@H]2C(C(=O)Nc3cc(C)ccn3)=C(C)NC3=C2C(=O)CC(C)(C)C3)cc1. The number of pyridine rings is 1. The molecule has 6 heteroatoms. The second-order valence-electron chi connectivity index (χ2n) is 9.38. The first-order valence-electron chi connectivity index (χ1n) is 10.8. The summed E-state index contributed by atoms with van der Waals surface area (Å²) >= 11 is 0. The molecule has 1 atom stereocenters. The number of aryl methyl sites for hydroxylation is 1. The molecule has 0 unspecified atom stereocenters. The predicted octanol–water partition coefficient (Wildman–Crippen LogP) is 4.64. The van der Waals surface area contributed by atoms with Crippen molar-refractivity contribution in [1.29, 1.82) is 0 Å². The molecule has 4 rings (SSSR count). The van der Waals surface area contributed by atoms with Crippen molar-refractivity contribution in [2.45, 2.75) is 46.5 Å². The Morgan fingerprint density at radius 3 is 2.53 bits per heavy atom. The van der Waals surface area contributed by atoms with Crippen LogP contribution in [0.5, 0.6) is 5.75 Å². The molecule has 0 radical (unpaired) electrons. The van der Waals surface area contributed by atoms with Gasteiger partial charge in [-0.15, -0.1) is 0 Å². The summed E-state index contributed by atoms with van der Waals surface area (Å²) < 4.78 is 5.31. The highest BCUT2D eigenvalue weighted by atomic mass is 16.5. The van der Waals surface area contributed by atoms with Crippen LogP contribution in [0, 0.1) is 12.3 Å². The van der Waals surface area contributed by atoms with Crippen molar-refractivity contribution in [2.24, 2.45) is 5.41 Å². The lowest BCUT2D eigenvalue weighted by molar-refractivity contribution is -0.118. The number of Topliss-reactive ketones (excluding diaryl/α,β-unsaturated/α-hetero) is 1. The van der Waals surface area contributed by atoms with Gasteiger partial charge in [0.2, 0.25) is 0 Å². The molecule has 0 fully saturated rings. The largest absolute Gasteiger partial charge is 0.497 e. The van der Waals surface area contributed by atoms with Crippen molar-refractivity contribution >= 4 is 17.5 Å². The van der Waals surface area contributed by atoms with Crippen LogP contribution in [0.4, 0.5) is 5.82 Å². The molecule has 6 nitrogen and oxygen atoms in total. The number of dihydropyridines is 1. The minimum absolute atomic E-state index is 0.0797. The summed E-state index contributed by atoms with van der Waals surface area (Å²) in [4.78, 5) is 31.1. The van der Waals surface area contributed by atoms with Crippen LogP contribution >= 0.6 is 0 Å². The molecule has 166 valence electrons. The fourth-order valence-electron chi connectivity index (χ4n) is 4.65. The molecule has 2 heterocycles. The van der Waals surface area contributed by atoms with E-state index >= 15 is 0 Å². The highest BCUT2D eigenvalue weighted by molar-refractivity contribution is 6.09. The minimum atomic E-state index is -0.453. The molecule has 0 saturated carbocycles. The van der Waals surface area contributed by atoms with E-state index in [0.717, 1.165) is 34.7 Å². The standard InChI is InChI=1S/C26H29N3O3/c1-15-10-11-27-21(12-15)29-25(31)22-16(2)28-19-13-26(3,4)14-20(30)24(19)23(22)17-6-8-18(32-5)9-7-17/h6-12,23,28H,13-14H2,1-5H3,(H,27,29,31)/t23-/m1/s1. The number of nitrogens with zero attached hydrogens (tertiary/aromatic N) is 1. The van der Waals surface area contributed by atoms with Crippen LogP contribution in [0.1, 0.15) is 50.7 Å². The number of hydrogen-bond donors (Lipinski definition) is 2. The molecule has 0 spiro atoms. The third kappa shape index (κ3) is 4.17. The predicted molar refractivity (Wildman–Crippen MR) is 124 cm³/mol. The van der Waals surface area contributed by atoms with E-state index in [1.165, 1.54) is 0 Å². The van der Waals surface area contributed by atoms with E-state index in [1.807, 2.05) is 50.2 Å². The van der Waals surface area contributed by atoms with Crippen LogP contribution in [-0.2, 0) is 9.59 Å². The molecular weight excluding hydrogens is 402 g/mol. The third-order valence-corrected chi connectivity index (χ3v) is 6.09. The summed E-state index contributed by atoms with van der Waals surface area (Å²) in [7, 11) is 1.62. The first-order chi connectivity index (χ1) is 15.2. The maximum Gasteiger partial charge on any atom is 0.255 e. The van der Waals surface area contributed by atoms with Crippen LogP contribution in [0.25, 0.3) is 0 Å². The summed E-state index contributed by atoms with van der Waals surface area (Å²) in [5.74, 6) is 0.572. The highest BCUT2D eigenvalue weighted by Crippen LogP contribution is 2.46. The van der Waals surface area contributed by atoms with Crippen molar-refractivity contribution in [3.05, 3.63) is 76.3 Å². The van der Waals surface area contributed by atoms with Crippen molar-refractivity contribution in [3.8, 4) is 5.75 Å². The smallest absolute Gasteiger partial charge is 0.255 e. The van der Waals surface area contributed by atoms with Crippen molar-refractivity contribution in [2.75, 3.05) is 12.4 Å². The number of hydrogen-bond acceptors (Lipinski definition) is 5. The van der Waals surface area contributed by atoms with Crippen molar-refractivity contribution in [1.82, 2.24) is 10.3 Å². The topological polar surface area (TPSA) is 80.3 Å². The Labute approximate surface area is 188 Å². The maximum absolute atomic E-state index is 13.5. The van der Waals surface area contributed by atoms with Gasteiger partial charge in [-0.2, -0.15) is 0 Å². The zero-order chi connectivity index (χ0) is 23.0. The molecule has 1 aliphatic heterocycles. The van der Waals surface area contributed by atoms with Gasteiger partial charge in [-0.3, -0.25) is 9.59 Å². The quantitative estimate of drug-likeness (QED) is 0.737. The van der Waals surface area contributed by atoms with Gasteiger partial charge in [0.05, 0.1) is 7.11 Å². The first kappa shape index (κ1) is 21.8. The first-order valence-corrected chi connectivity index (χ1v) is 10.8. The zero-order valence-electron chi connectivity index (χ0n) is 19.2. The Morgan fingerprint density at radius 1 is 1.16 bits per heavy atom. The highest BCUT2D eigenvalue weighted by Gasteiger charge is 2.42. The average Bonchev–Trinajstić information content (AvgIpc) is 2.71. The van der Waals surface area contributed by atoms with Crippen LogP contribution in [0.3, 0.4) is 0 Å². The van der Waals surface area contributed by atoms with E-state index in [0.29, 0.717) is 23.4 Å². The summed E-state index contributed by atoms with van der Waals surface area (Å²) in [6.45, 7) is 8.04. The van der Waals surface area contributed by atoms with E-state index in [4.69, 9.17) is 4.74 Å². The Hall–Kier alpha value is -3.41. The van der Waals surface area contributed by atoms with Gasteiger partial charge in [0, 0.05) is 41.1 Å². The Kier molecular flexibility index (Phi) is 5.63. The molecule has 2 N–H and O–H groups in total. The van der Waals surface area contributed by atoms with Crippen LogP contribution in [0.2, 0.25) is 0 Å². The van der Waals surface area contributed by atoms with Gasteiger partial charge in [0.25, 0.3) is 5.91 Å². The lowest BCUT2D eigenvalue weighted by Crippen LogP contribution is -2.39. The summed E-state index contributed by atoms with van der Waals surface area (Å²) in [5, 5.41) is 6.31. The summed E-state index contributed by atoms with van der Waals surface area (Å²) in [6.07, 6.45) is 2.87. The van der Waals surface area contributed by atoms with Crippen LogP contribution < -0.4 is 15.4 Å². The molecule has 1 aliphatic carbocycles. The van der Waals surface area contributed by atoms with Gasteiger partial charge in [-0.25, -0.2) is 4.98 Å². The monoisotopic (exact) mass is 431 g/mol. The van der Waals surface area contributed by atoms with E-state index in [-0.39, 0.29) is 17.1 Å². The molecule has 1 amide bonds. The van der Waals surface area contributed by atoms with Gasteiger partial charge in [-0.05, 0) is 61.1 Å². The molecule has 1 aromatic carbocycles. The van der Waals surface area contributed by atoms with Crippen molar-refractivity contribution < 1.29 is 14.3 Å². The number of methoxy groups -OCH3 is 1. The van der Waals surface area contributed by atoms with E-state index in [9.17, 15) is 9.59 Å². The minimum Gasteiger partial charge on any atom is -0.497 e. The second-order valence-corrected chi connectivity index (χ2v) is 9.38. The molecule has 2 aromatic rings. The zero-order valence-corrected chi connectivity index (χ0v) is 19.2. The van der Waals surface area contributed by atoms with E-state index in [1.54, 1.807) is 13.3 Å². The number of amides is 1. The maximum atomic E-state index is 13.5. The molecule has 32 heavy (non-hydrogen) atoms. The number of allylic oxidation sites excluding steroid dienone is 3. The van der Waals surface area contributed by atoms with E-state index in [2.05, 4.69) is 29.5 Å². The number of carbonyl (C=O) groups is 2. The lowest BCUT2D eigenvalue weighted by atomic mass is 9.68. The number of rotatable bonds is 4. The number of anilines is 1. The Morgan fingerprint density at radius 2 is 1.88 bits per heavy atom. The van der Waals surface area contributed by atoms with E-state index < -0.39 is 5.92 Å². The number of benzene rings is 1. The Bertz CT molecular complexity index is 1140. The normalized spacial score (nSPS) is 19.9.